The smallest absolute Gasteiger partial charge is 0.251 e. The molecule has 0 atom stereocenters. The number of H-pyrrole nitrogens is 1. The summed E-state index contributed by atoms with van der Waals surface area (Å²) >= 11 is 6.10. The molecule has 0 bridgehead atoms. The van der Waals surface area contributed by atoms with Crippen LogP contribution < -0.4 is 5.56 Å². The number of halogens is 1. The van der Waals surface area contributed by atoms with Gasteiger partial charge in [0.25, 0.3) is 5.56 Å². The minimum Gasteiger partial charge on any atom is -0.306 e. The maximum atomic E-state index is 11.6. The van der Waals surface area contributed by atoms with Crippen molar-refractivity contribution < 1.29 is 0 Å². The summed E-state index contributed by atoms with van der Waals surface area (Å²) in [5.41, 5.74) is 1.54. The van der Waals surface area contributed by atoms with Gasteiger partial charge < -0.3 is 4.98 Å². The summed E-state index contributed by atoms with van der Waals surface area (Å²) in [5, 5.41) is 0.601. The average Bonchev–Trinajstić information content (AvgIpc) is 3.12. The van der Waals surface area contributed by atoms with Gasteiger partial charge in [0, 0.05) is 17.5 Å². The summed E-state index contributed by atoms with van der Waals surface area (Å²) in [6.07, 6.45) is 2.25. The molecule has 86 valence electrons. The van der Waals surface area contributed by atoms with Crippen molar-refractivity contribution in [2.75, 3.05) is 0 Å². The zero-order valence-electron chi connectivity index (χ0n) is 9.11. The van der Waals surface area contributed by atoms with E-state index in [4.69, 9.17) is 11.6 Å². The number of hydrogen-bond acceptors (Lipinski definition) is 2. The number of aromatic amines is 1. The Balaban J connectivity index is 2.14. The SMILES string of the molecule is O=c1cc(C2CC2)nc(-c2ccccc2Cl)[nH]1. The van der Waals surface area contributed by atoms with Gasteiger partial charge in [0.05, 0.1) is 10.7 Å². The van der Waals surface area contributed by atoms with E-state index in [-0.39, 0.29) is 5.56 Å². The van der Waals surface area contributed by atoms with Crippen LogP contribution in [0.4, 0.5) is 0 Å². The maximum absolute atomic E-state index is 11.6. The van der Waals surface area contributed by atoms with Crippen LogP contribution in [-0.2, 0) is 0 Å². The number of aromatic nitrogens is 2. The summed E-state index contributed by atoms with van der Waals surface area (Å²) in [6, 6.07) is 8.97. The summed E-state index contributed by atoms with van der Waals surface area (Å²) in [5.74, 6) is 1.02. The van der Waals surface area contributed by atoms with Crippen molar-refractivity contribution >= 4 is 11.6 Å². The van der Waals surface area contributed by atoms with Crippen LogP contribution in [0.3, 0.4) is 0 Å². The lowest BCUT2D eigenvalue weighted by Gasteiger charge is -2.05. The fourth-order valence-electron chi connectivity index (χ4n) is 1.85. The van der Waals surface area contributed by atoms with E-state index in [2.05, 4.69) is 9.97 Å². The van der Waals surface area contributed by atoms with Gasteiger partial charge in [0.2, 0.25) is 0 Å². The van der Waals surface area contributed by atoms with E-state index in [0.717, 1.165) is 24.1 Å². The van der Waals surface area contributed by atoms with Gasteiger partial charge in [0.15, 0.2) is 0 Å². The van der Waals surface area contributed by atoms with Crippen LogP contribution in [0.15, 0.2) is 35.1 Å². The lowest BCUT2D eigenvalue weighted by Crippen LogP contribution is -2.10. The molecular formula is C13H11ClN2O. The van der Waals surface area contributed by atoms with Crippen LogP contribution in [0.1, 0.15) is 24.5 Å². The molecule has 1 aliphatic carbocycles. The first-order chi connectivity index (χ1) is 8.24. The molecule has 1 N–H and O–H groups in total. The first kappa shape index (κ1) is 10.5. The largest absolute Gasteiger partial charge is 0.306 e. The van der Waals surface area contributed by atoms with Gasteiger partial charge in [0.1, 0.15) is 5.82 Å². The quantitative estimate of drug-likeness (QED) is 0.886. The van der Waals surface area contributed by atoms with Crippen molar-refractivity contribution in [2.24, 2.45) is 0 Å². The Bertz CT molecular complexity index is 617. The van der Waals surface area contributed by atoms with Crippen molar-refractivity contribution in [3.8, 4) is 11.4 Å². The molecule has 3 rings (SSSR count). The monoisotopic (exact) mass is 246 g/mol. The number of nitrogens with zero attached hydrogens (tertiary/aromatic N) is 1. The molecule has 1 heterocycles. The highest BCUT2D eigenvalue weighted by atomic mass is 35.5. The molecule has 0 radical (unpaired) electrons. The van der Waals surface area contributed by atoms with E-state index < -0.39 is 0 Å². The van der Waals surface area contributed by atoms with Gasteiger partial charge in [-0.1, -0.05) is 23.7 Å². The third kappa shape index (κ3) is 2.11. The normalized spacial score (nSPS) is 14.9. The van der Waals surface area contributed by atoms with Gasteiger partial charge in [-0.25, -0.2) is 4.98 Å². The number of rotatable bonds is 2. The highest BCUT2D eigenvalue weighted by molar-refractivity contribution is 6.33. The van der Waals surface area contributed by atoms with Crippen molar-refractivity contribution in [2.45, 2.75) is 18.8 Å². The predicted molar refractivity (Wildman–Crippen MR) is 67.3 cm³/mol. The van der Waals surface area contributed by atoms with Gasteiger partial charge in [-0.3, -0.25) is 4.79 Å². The molecule has 1 aromatic heterocycles. The van der Waals surface area contributed by atoms with E-state index in [1.807, 2.05) is 18.2 Å². The van der Waals surface area contributed by atoms with Crippen LogP contribution in [0.5, 0.6) is 0 Å². The minimum absolute atomic E-state index is 0.114. The zero-order chi connectivity index (χ0) is 11.8. The van der Waals surface area contributed by atoms with Gasteiger partial charge in [-0.2, -0.15) is 0 Å². The Kier molecular flexibility index (Phi) is 2.48. The van der Waals surface area contributed by atoms with E-state index >= 15 is 0 Å². The maximum Gasteiger partial charge on any atom is 0.251 e. The second-order valence-electron chi connectivity index (χ2n) is 4.27. The average molecular weight is 247 g/mol. The molecule has 1 fully saturated rings. The second kappa shape index (κ2) is 4.00. The zero-order valence-corrected chi connectivity index (χ0v) is 9.87. The number of hydrogen-bond donors (Lipinski definition) is 1. The third-order valence-electron chi connectivity index (χ3n) is 2.89. The van der Waals surface area contributed by atoms with E-state index in [1.54, 1.807) is 12.1 Å². The highest BCUT2D eigenvalue weighted by Gasteiger charge is 2.26. The topological polar surface area (TPSA) is 45.8 Å². The van der Waals surface area contributed by atoms with Crippen molar-refractivity contribution in [1.82, 2.24) is 9.97 Å². The van der Waals surface area contributed by atoms with Crippen LogP contribution in [0.25, 0.3) is 11.4 Å². The van der Waals surface area contributed by atoms with Crippen LogP contribution >= 0.6 is 11.6 Å². The molecule has 17 heavy (non-hydrogen) atoms. The van der Waals surface area contributed by atoms with E-state index in [0.29, 0.717) is 16.8 Å². The molecular weight excluding hydrogens is 236 g/mol. The summed E-state index contributed by atoms with van der Waals surface area (Å²) in [6.45, 7) is 0. The summed E-state index contributed by atoms with van der Waals surface area (Å²) in [7, 11) is 0. The molecule has 4 heteroatoms. The van der Waals surface area contributed by atoms with Gasteiger partial charge in [-0.15, -0.1) is 0 Å². The standard InChI is InChI=1S/C13H11ClN2O/c14-10-4-2-1-3-9(10)13-15-11(8-5-6-8)7-12(17)16-13/h1-4,7-8H,5-6H2,(H,15,16,17). The Morgan fingerprint density at radius 2 is 2.06 bits per heavy atom. The lowest BCUT2D eigenvalue weighted by atomic mass is 10.2. The number of nitrogens with one attached hydrogen (secondary N) is 1. The molecule has 1 saturated carbocycles. The third-order valence-corrected chi connectivity index (χ3v) is 3.22. The summed E-state index contributed by atoms with van der Waals surface area (Å²) in [4.78, 5) is 18.8. The van der Waals surface area contributed by atoms with Crippen molar-refractivity contribution in [3.63, 3.8) is 0 Å². The molecule has 1 aromatic carbocycles. The second-order valence-corrected chi connectivity index (χ2v) is 4.68. The fourth-order valence-corrected chi connectivity index (χ4v) is 2.07. The summed E-state index contributed by atoms with van der Waals surface area (Å²) < 4.78 is 0. The first-order valence-corrected chi connectivity index (χ1v) is 5.98. The molecule has 0 saturated heterocycles. The minimum atomic E-state index is -0.114. The van der Waals surface area contributed by atoms with E-state index in [1.165, 1.54) is 0 Å². The van der Waals surface area contributed by atoms with Gasteiger partial charge >= 0.3 is 0 Å². The Morgan fingerprint density at radius 3 is 2.76 bits per heavy atom. The first-order valence-electron chi connectivity index (χ1n) is 5.60. The van der Waals surface area contributed by atoms with Crippen LogP contribution in [0.2, 0.25) is 5.02 Å². The molecule has 2 aromatic rings. The van der Waals surface area contributed by atoms with Crippen LogP contribution in [-0.4, -0.2) is 9.97 Å². The molecule has 0 amide bonds. The van der Waals surface area contributed by atoms with Gasteiger partial charge in [-0.05, 0) is 25.0 Å². The predicted octanol–water partition coefficient (Wildman–Crippen LogP) is 2.97. The molecule has 3 nitrogen and oxygen atoms in total. The number of benzene rings is 1. The molecule has 0 aliphatic heterocycles. The van der Waals surface area contributed by atoms with Crippen molar-refractivity contribution in [3.05, 3.63) is 51.4 Å². The van der Waals surface area contributed by atoms with Crippen LogP contribution in [0, 0.1) is 0 Å². The Morgan fingerprint density at radius 1 is 1.29 bits per heavy atom. The Labute approximate surface area is 103 Å². The van der Waals surface area contributed by atoms with Crippen molar-refractivity contribution in [1.29, 1.82) is 0 Å². The molecule has 1 aliphatic rings. The Hall–Kier alpha value is -1.61. The molecule has 0 unspecified atom stereocenters. The lowest BCUT2D eigenvalue weighted by molar-refractivity contribution is 0.977. The van der Waals surface area contributed by atoms with E-state index in [9.17, 15) is 4.79 Å². The molecule has 0 spiro atoms. The highest BCUT2D eigenvalue weighted by Crippen LogP contribution is 2.39. The fraction of sp³-hybridized carbons (Fsp3) is 0.231.